The molecule has 4 heterocycles. The zero-order valence-corrected chi connectivity index (χ0v) is 15.9. The topological polar surface area (TPSA) is 105 Å². The third-order valence-electron chi connectivity index (χ3n) is 4.32. The minimum absolute atomic E-state index is 0.0209. The van der Waals surface area contributed by atoms with Gasteiger partial charge in [0, 0.05) is 22.7 Å². The quantitative estimate of drug-likeness (QED) is 0.587. The van der Waals surface area contributed by atoms with Crippen molar-refractivity contribution >= 4 is 17.0 Å². The van der Waals surface area contributed by atoms with E-state index in [0.717, 1.165) is 16.3 Å². The van der Waals surface area contributed by atoms with E-state index in [1.54, 1.807) is 22.2 Å². The first-order valence-electron chi connectivity index (χ1n) is 8.45. The third kappa shape index (κ3) is 2.94. The Bertz CT molecular complexity index is 1230. The molecule has 0 saturated heterocycles. The molecule has 1 N–H and O–H groups in total. The Hall–Kier alpha value is -3.25. The Morgan fingerprint density at radius 2 is 2.15 bits per heavy atom. The summed E-state index contributed by atoms with van der Waals surface area (Å²) in [4.78, 5) is 20.6. The van der Waals surface area contributed by atoms with Gasteiger partial charge in [0.15, 0.2) is 5.65 Å². The lowest BCUT2D eigenvalue weighted by Gasteiger charge is -2.11. The number of hydrogen-bond acceptors (Lipinski definition) is 6. The van der Waals surface area contributed by atoms with Crippen molar-refractivity contribution < 1.29 is 0 Å². The average molecular weight is 379 g/mol. The van der Waals surface area contributed by atoms with Crippen LogP contribution in [-0.4, -0.2) is 29.4 Å². The Labute approximate surface area is 158 Å². The molecule has 0 fully saturated rings. The highest BCUT2D eigenvalue weighted by molar-refractivity contribution is 7.09. The standard InChI is InChI=1S/C18H17N7OS/c1-10(2)15-16(23-17-12(4-19)5-21-25(17)18(15)26)13-6-20-24(7-13)8-14-9-27-11(3)22-14/h5-7,9-10,23H,8H2,1-3H3. The van der Waals surface area contributed by atoms with Crippen molar-refractivity contribution in [2.75, 3.05) is 0 Å². The van der Waals surface area contributed by atoms with E-state index in [0.29, 0.717) is 29.0 Å². The van der Waals surface area contributed by atoms with Gasteiger partial charge in [-0.1, -0.05) is 13.8 Å². The fourth-order valence-corrected chi connectivity index (χ4v) is 3.70. The summed E-state index contributed by atoms with van der Waals surface area (Å²) in [5, 5.41) is 20.8. The summed E-state index contributed by atoms with van der Waals surface area (Å²) in [5.74, 6) is -0.0209. The number of H-pyrrole nitrogens is 1. The number of nitriles is 1. The van der Waals surface area contributed by atoms with Crippen LogP contribution in [0.15, 0.2) is 28.8 Å². The van der Waals surface area contributed by atoms with Crippen LogP contribution in [0.4, 0.5) is 0 Å². The highest BCUT2D eigenvalue weighted by atomic mass is 32.1. The lowest BCUT2D eigenvalue weighted by Crippen LogP contribution is -2.22. The number of rotatable bonds is 4. The molecule has 0 aliphatic heterocycles. The first kappa shape index (κ1) is 17.2. The SMILES string of the molecule is Cc1nc(Cn2cc(-c3[nH]c4c(C#N)cnn4c(=O)c3C(C)C)cn2)cs1. The number of aromatic nitrogens is 6. The molecule has 9 heteroatoms. The van der Waals surface area contributed by atoms with Crippen molar-refractivity contribution in [2.45, 2.75) is 33.2 Å². The third-order valence-corrected chi connectivity index (χ3v) is 5.14. The van der Waals surface area contributed by atoms with Gasteiger partial charge in [-0.05, 0) is 12.8 Å². The van der Waals surface area contributed by atoms with E-state index in [9.17, 15) is 10.1 Å². The van der Waals surface area contributed by atoms with Crippen molar-refractivity contribution in [1.82, 2.24) is 29.4 Å². The molecular weight excluding hydrogens is 362 g/mol. The summed E-state index contributed by atoms with van der Waals surface area (Å²) >= 11 is 1.60. The second-order valence-corrected chi connectivity index (χ2v) is 7.65. The van der Waals surface area contributed by atoms with Crippen LogP contribution in [0.1, 0.15) is 41.6 Å². The maximum absolute atomic E-state index is 12.9. The second kappa shape index (κ2) is 6.48. The van der Waals surface area contributed by atoms with E-state index in [1.807, 2.05) is 32.3 Å². The van der Waals surface area contributed by atoms with Crippen molar-refractivity contribution in [3.63, 3.8) is 0 Å². The molecule has 136 valence electrons. The number of fused-ring (bicyclic) bond motifs is 1. The number of aryl methyl sites for hydroxylation is 1. The predicted octanol–water partition coefficient (Wildman–Crippen LogP) is 2.69. The van der Waals surface area contributed by atoms with Crippen molar-refractivity contribution in [2.24, 2.45) is 0 Å². The van der Waals surface area contributed by atoms with E-state index in [2.05, 4.69) is 26.2 Å². The highest BCUT2D eigenvalue weighted by Crippen LogP contribution is 2.26. The average Bonchev–Trinajstić information content (AvgIpc) is 3.34. The molecule has 4 aromatic rings. The van der Waals surface area contributed by atoms with Crippen LogP contribution < -0.4 is 5.56 Å². The van der Waals surface area contributed by atoms with Crippen LogP contribution in [0.3, 0.4) is 0 Å². The van der Waals surface area contributed by atoms with E-state index < -0.39 is 0 Å². The first-order valence-corrected chi connectivity index (χ1v) is 9.33. The Morgan fingerprint density at radius 3 is 2.81 bits per heavy atom. The molecule has 0 aromatic carbocycles. The van der Waals surface area contributed by atoms with Gasteiger partial charge >= 0.3 is 0 Å². The molecular formula is C18H17N7OS. The zero-order chi connectivity index (χ0) is 19.1. The van der Waals surface area contributed by atoms with E-state index in [-0.39, 0.29) is 11.5 Å². The molecule has 0 amide bonds. The minimum atomic E-state index is -0.224. The van der Waals surface area contributed by atoms with Gasteiger partial charge in [-0.2, -0.15) is 20.0 Å². The summed E-state index contributed by atoms with van der Waals surface area (Å²) in [5.41, 5.74) is 3.51. The molecule has 8 nitrogen and oxygen atoms in total. The van der Waals surface area contributed by atoms with Gasteiger partial charge in [-0.15, -0.1) is 11.3 Å². The smallest absolute Gasteiger partial charge is 0.278 e. The van der Waals surface area contributed by atoms with Gasteiger partial charge in [-0.25, -0.2) is 4.98 Å². The van der Waals surface area contributed by atoms with Gasteiger partial charge in [0.25, 0.3) is 5.56 Å². The van der Waals surface area contributed by atoms with Gasteiger partial charge in [0.05, 0.1) is 35.3 Å². The molecule has 0 spiro atoms. The van der Waals surface area contributed by atoms with Gasteiger partial charge in [0.2, 0.25) is 0 Å². The Balaban J connectivity index is 1.84. The first-order chi connectivity index (χ1) is 13.0. The molecule has 0 aliphatic rings. The number of hydrogen-bond donors (Lipinski definition) is 1. The molecule has 0 aliphatic carbocycles. The molecule has 27 heavy (non-hydrogen) atoms. The second-order valence-electron chi connectivity index (χ2n) is 6.59. The van der Waals surface area contributed by atoms with Gasteiger partial charge in [-0.3, -0.25) is 9.48 Å². The van der Waals surface area contributed by atoms with Gasteiger partial charge in [0.1, 0.15) is 11.6 Å². The van der Waals surface area contributed by atoms with Crippen LogP contribution in [0.25, 0.3) is 16.9 Å². The summed E-state index contributed by atoms with van der Waals surface area (Å²) in [7, 11) is 0. The number of nitrogens with one attached hydrogen (secondary N) is 1. The van der Waals surface area contributed by atoms with E-state index in [1.165, 1.54) is 10.7 Å². The van der Waals surface area contributed by atoms with Crippen LogP contribution in [-0.2, 0) is 6.54 Å². The summed E-state index contributed by atoms with van der Waals surface area (Å²) in [6, 6.07) is 2.06. The monoisotopic (exact) mass is 379 g/mol. The Morgan fingerprint density at radius 1 is 1.33 bits per heavy atom. The lowest BCUT2D eigenvalue weighted by atomic mass is 10.00. The van der Waals surface area contributed by atoms with Crippen LogP contribution in [0.2, 0.25) is 0 Å². The number of aromatic amines is 1. The fourth-order valence-electron chi connectivity index (χ4n) is 3.10. The molecule has 4 aromatic heterocycles. The minimum Gasteiger partial charge on any atom is -0.338 e. The maximum Gasteiger partial charge on any atom is 0.278 e. The van der Waals surface area contributed by atoms with E-state index >= 15 is 0 Å². The summed E-state index contributed by atoms with van der Waals surface area (Å²) < 4.78 is 3.04. The molecule has 0 saturated carbocycles. The zero-order valence-electron chi connectivity index (χ0n) is 15.1. The van der Waals surface area contributed by atoms with Crippen LogP contribution >= 0.6 is 11.3 Å². The van der Waals surface area contributed by atoms with Crippen LogP contribution in [0.5, 0.6) is 0 Å². The maximum atomic E-state index is 12.9. The molecule has 0 atom stereocenters. The summed E-state index contributed by atoms with van der Waals surface area (Å²) in [6.07, 6.45) is 5.00. The normalized spacial score (nSPS) is 11.4. The van der Waals surface area contributed by atoms with Crippen LogP contribution in [0, 0.1) is 18.3 Å². The van der Waals surface area contributed by atoms with Gasteiger partial charge < -0.3 is 4.98 Å². The molecule has 4 rings (SSSR count). The molecule has 0 radical (unpaired) electrons. The fraction of sp³-hybridized carbons (Fsp3) is 0.278. The Kier molecular flexibility index (Phi) is 4.12. The van der Waals surface area contributed by atoms with Crippen molar-refractivity contribution in [1.29, 1.82) is 5.26 Å². The molecule has 0 bridgehead atoms. The van der Waals surface area contributed by atoms with Crippen molar-refractivity contribution in [3.8, 4) is 17.3 Å². The van der Waals surface area contributed by atoms with E-state index in [4.69, 9.17) is 0 Å². The number of nitrogens with zero attached hydrogens (tertiary/aromatic N) is 6. The highest BCUT2D eigenvalue weighted by Gasteiger charge is 2.20. The predicted molar refractivity (Wildman–Crippen MR) is 102 cm³/mol. The molecule has 0 unspecified atom stereocenters. The summed E-state index contributed by atoms with van der Waals surface area (Å²) in [6.45, 7) is 6.44. The van der Waals surface area contributed by atoms with Crippen molar-refractivity contribution in [3.05, 3.63) is 56.2 Å². The lowest BCUT2D eigenvalue weighted by molar-refractivity contribution is 0.675. The largest absolute Gasteiger partial charge is 0.338 e. The number of thiazole rings is 1.